The van der Waals surface area contributed by atoms with E-state index in [0.29, 0.717) is 68.2 Å². The van der Waals surface area contributed by atoms with Crippen LogP contribution in [-0.2, 0) is 9.47 Å². The van der Waals surface area contributed by atoms with Gasteiger partial charge in [0.1, 0.15) is 25.9 Å². The summed E-state index contributed by atoms with van der Waals surface area (Å²) in [4.78, 5) is 12.8. The number of aromatic nitrogens is 4. The summed E-state index contributed by atoms with van der Waals surface area (Å²) in [5.74, 6) is 1.71. The van der Waals surface area contributed by atoms with Gasteiger partial charge in [0.25, 0.3) is 0 Å². The summed E-state index contributed by atoms with van der Waals surface area (Å²) in [5, 5.41) is 0. The molecule has 1 aromatic carbocycles. The summed E-state index contributed by atoms with van der Waals surface area (Å²) < 4.78 is 29.7. The van der Waals surface area contributed by atoms with Crippen molar-refractivity contribution in [1.82, 2.24) is 19.5 Å². The topological polar surface area (TPSA) is 89.8 Å². The van der Waals surface area contributed by atoms with Crippen molar-refractivity contribution >= 4 is 11.2 Å². The van der Waals surface area contributed by atoms with Gasteiger partial charge in [0.05, 0.1) is 39.2 Å². The van der Waals surface area contributed by atoms with E-state index in [0.717, 1.165) is 5.69 Å². The maximum absolute atomic E-state index is 5.87. The van der Waals surface area contributed by atoms with Gasteiger partial charge in [-0.3, -0.25) is 4.57 Å². The lowest BCUT2D eigenvalue weighted by atomic mass is 10.2. The number of ether oxygens (including phenoxy) is 5. The Balaban J connectivity index is 1.67. The van der Waals surface area contributed by atoms with E-state index >= 15 is 0 Å². The second-order valence-electron chi connectivity index (χ2n) is 5.72. The largest absolute Gasteiger partial charge is 0.487 e. The quantitative estimate of drug-likeness (QED) is 0.671. The zero-order valence-corrected chi connectivity index (χ0v) is 15.0. The van der Waals surface area contributed by atoms with Crippen LogP contribution in [0.2, 0.25) is 0 Å². The van der Waals surface area contributed by atoms with Gasteiger partial charge in [0, 0.05) is 6.07 Å². The number of hydrogen-bond acceptors (Lipinski definition) is 8. The zero-order chi connectivity index (χ0) is 18.5. The van der Waals surface area contributed by atoms with Crippen molar-refractivity contribution in [3.8, 4) is 23.1 Å². The first kappa shape index (κ1) is 17.5. The van der Waals surface area contributed by atoms with E-state index in [9.17, 15) is 0 Å². The van der Waals surface area contributed by atoms with Gasteiger partial charge >= 0.3 is 0 Å². The third kappa shape index (κ3) is 3.79. The molecule has 0 aliphatic carbocycles. The molecule has 142 valence electrons. The van der Waals surface area contributed by atoms with Crippen LogP contribution in [0.25, 0.3) is 16.9 Å². The predicted molar refractivity (Wildman–Crippen MR) is 95.8 cm³/mol. The van der Waals surface area contributed by atoms with Crippen LogP contribution in [0.15, 0.2) is 30.9 Å². The molecule has 4 rings (SSSR count). The summed E-state index contributed by atoms with van der Waals surface area (Å²) in [5.41, 5.74) is 2.08. The van der Waals surface area contributed by atoms with Gasteiger partial charge in [-0.05, 0) is 12.1 Å². The van der Waals surface area contributed by atoms with Gasteiger partial charge in [0.15, 0.2) is 22.7 Å². The average Bonchev–Trinajstić information content (AvgIpc) is 3.13. The van der Waals surface area contributed by atoms with Crippen molar-refractivity contribution in [3.05, 3.63) is 30.9 Å². The number of methoxy groups -OCH3 is 1. The smallest absolute Gasteiger partial charge is 0.245 e. The molecule has 0 N–H and O–H groups in total. The van der Waals surface area contributed by atoms with E-state index in [1.54, 1.807) is 13.4 Å². The maximum atomic E-state index is 5.87. The second kappa shape index (κ2) is 8.19. The Hall–Kier alpha value is -2.91. The van der Waals surface area contributed by atoms with E-state index in [1.165, 1.54) is 6.33 Å². The molecule has 9 heteroatoms. The third-order valence-electron chi connectivity index (χ3n) is 4.04. The number of fused-ring (bicyclic) bond motifs is 2. The molecule has 1 aliphatic rings. The van der Waals surface area contributed by atoms with Crippen LogP contribution < -0.4 is 14.2 Å². The van der Waals surface area contributed by atoms with Crippen LogP contribution in [0.3, 0.4) is 0 Å². The van der Waals surface area contributed by atoms with E-state index < -0.39 is 0 Å². The van der Waals surface area contributed by atoms with E-state index in [4.69, 9.17) is 23.7 Å². The van der Waals surface area contributed by atoms with Gasteiger partial charge in [0.2, 0.25) is 5.88 Å². The molecule has 0 bridgehead atoms. The highest BCUT2D eigenvalue weighted by atomic mass is 16.6. The lowest BCUT2D eigenvalue weighted by Crippen LogP contribution is -2.15. The Kier molecular flexibility index (Phi) is 5.31. The van der Waals surface area contributed by atoms with E-state index in [1.807, 2.05) is 22.8 Å². The van der Waals surface area contributed by atoms with Gasteiger partial charge in [-0.2, -0.15) is 4.98 Å². The Morgan fingerprint density at radius 2 is 1.63 bits per heavy atom. The molecule has 0 unspecified atom stereocenters. The normalized spacial score (nSPS) is 15.7. The molecule has 3 aromatic rings. The van der Waals surface area contributed by atoms with Crippen molar-refractivity contribution in [2.75, 3.05) is 46.8 Å². The fourth-order valence-corrected chi connectivity index (χ4v) is 2.77. The molecule has 0 atom stereocenters. The highest BCUT2D eigenvalue weighted by Crippen LogP contribution is 2.31. The molecule has 3 heterocycles. The van der Waals surface area contributed by atoms with Gasteiger partial charge in [-0.15, -0.1) is 0 Å². The fraction of sp³-hybridized carbons (Fsp3) is 0.389. The summed E-state index contributed by atoms with van der Waals surface area (Å²) in [6, 6.07) is 5.67. The lowest BCUT2D eigenvalue weighted by molar-refractivity contribution is 0.0223. The summed E-state index contributed by atoms with van der Waals surface area (Å²) in [6.45, 7) is 2.92. The maximum Gasteiger partial charge on any atom is 0.245 e. The molecule has 0 amide bonds. The van der Waals surface area contributed by atoms with Gasteiger partial charge in [-0.1, -0.05) is 0 Å². The number of nitrogens with zero attached hydrogens (tertiary/aromatic N) is 4. The zero-order valence-electron chi connectivity index (χ0n) is 15.0. The molecule has 9 nitrogen and oxygen atoms in total. The molecule has 0 spiro atoms. The number of hydrogen-bond donors (Lipinski definition) is 0. The Morgan fingerprint density at radius 3 is 2.41 bits per heavy atom. The minimum absolute atomic E-state index is 0.417. The molecule has 0 fully saturated rings. The Morgan fingerprint density at radius 1 is 0.889 bits per heavy atom. The summed E-state index contributed by atoms with van der Waals surface area (Å²) in [6.07, 6.45) is 3.13. The number of benzene rings is 1. The molecule has 27 heavy (non-hydrogen) atoms. The highest BCUT2D eigenvalue weighted by molar-refractivity contribution is 5.78. The molecule has 0 saturated heterocycles. The summed E-state index contributed by atoms with van der Waals surface area (Å²) in [7, 11) is 1.56. The van der Waals surface area contributed by atoms with Crippen LogP contribution in [0.5, 0.6) is 17.4 Å². The van der Waals surface area contributed by atoms with Crippen LogP contribution in [0.4, 0.5) is 0 Å². The van der Waals surface area contributed by atoms with E-state index in [2.05, 4.69) is 15.0 Å². The Labute approximate surface area is 155 Å². The van der Waals surface area contributed by atoms with Crippen LogP contribution in [0, 0.1) is 0 Å². The average molecular weight is 372 g/mol. The molecular formula is C18H20N4O5. The first-order valence-corrected chi connectivity index (χ1v) is 8.64. The fourth-order valence-electron chi connectivity index (χ4n) is 2.77. The first-order valence-electron chi connectivity index (χ1n) is 8.64. The van der Waals surface area contributed by atoms with Gasteiger partial charge < -0.3 is 23.7 Å². The van der Waals surface area contributed by atoms with Crippen molar-refractivity contribution in [3.63, 3.8) is 0 Å². The molecular weight excluding hydrogens is 352 g/mol. The standard InChI is InChI=1S/C18H20N4O5/c1-23-18-16-17(19-11-20-18)22(12-21-16)13-2-3-14-15(10-13)27-9-7-25-5-4-24-6-8-26-14/h2-3,10-12H,4-9H2,1H3. The SMILES string of the molecule is COc1ncnc2c1ncn2-c1ccc2c(c1)OCCOCCOCCO2. The minimum Gasteiger partial charge on any atom is -0.487 e. The second-order valence-corrected chi connectivity index (χ2v) is 5.72. The van der Waals surface area contributed by atoms with Crippen LogP contribution >= 0.6 is 0 Å². The summed E-state index contributed by atoms with van der Waals surface area (Å²) >= 11 is 0. The minimum atomic E-state index is 0.417. The molecule has 1 aliphatic heterocycles. The van der Waals surface area contributed by atoms with Crippen molar-refractivity contribution < 1.29 is 23.7 Å². The molecule has 0 radical (unpaired) electrons. The number of imidazole rings is 1. The van der Waals surface area contributed by atoms with Crippen molar-refractivity contribution in [2.45, 2.75) is 0 Å². The highest BCUT2D eigenvalue weighted by Gasteiger charge is 2.14. The molecule has 0 saturated carbocycles. The Bertz CT molecular complexity index is 914. The van der Waals surface area contributed by atoms with E-state index in [-0.39, 0.29) is 0 Å². The van der Waals surface area contributed by atoms with Crippen molar-refractivity contribution in [2.24, 2.45) is 0 Å². The lowest BCUT2D eigenvalue weighted by Gasteiger charge is -2.16. The monoisotopic (exact) mass is 372 g/mol. The van der Waals surface area contributed by atoms with Crippen LogP contribution in [-0.4, -0.2) is 66.3 Å². The van der Waals surface area contributed by atoms with Gasteiger partial charge in [-0.25, -0.2) is 9.97 Å². The predicted octanol–water partition coefficient (Wildman–Crippen LogP) is 1.63. The number of rotatable bonds is 2. The van der Waals surface area contributed by atoms with Crippen molar-refractivity contribution in [1.29, 1.82) is 0 Å². The third-order valence-corrected chi connectivity index (χ3v) is 4.04. The molecule has 2 aromatic heterocycles. The first-order chi connectivity index (χ1) is 13.4. The van der Waals surface area contributed by atoms with Crippen LogP contribution in [0.1, 0.15) is 0 Å².